The summed E-state index contributed by atoms with van der Waals surface area (Å²) in [5, 5.41) is 5.50. The van der Waals surface area contributed by atoms with Crippen LogP contribution in [0.5, 0.6) is 5.75 Å². The highest BCUT2D eigenvalue weighted by Crippen LogP contribution is 2.33. The van der Waals surface area contributed by atoms with E-state index in [1.54, 1.807) is 24.3 Å². The lowest BCUT2D eigenvalue weighted by Gasteiger charge is -2.26. The van der Waals surface area contributed by atoms with Gasteiger partial charge in [0.15, 0.2) is 0 Å². The lowest BCUT2D eigenvalue weighted by molar-refractivity contribution is -0.134. The number of hydrogen-bond acceptors (Lipinski definition) is 4. The number of carbonyl (C=O) groups excluding carboxylic acids is 3. The molecule has 0 aromatic heterocycles. The Morgan fingerprint density at radius 1 is 1.11 bits per heavy atom. The molecular formula is C21H23N3O4. The van der Waals surface area contributed by atoms with Crippen LogP contribution in [-0.4, -0.2) is 36.4 Å². The van der Waals surface area contributed by atoms with Gasteiger partial charge in [-0.15, -0.1) is 0 Å². The van der Waals surface area contributed by atoms with Crippen LogP contribution >= 0.6 is 0 Å². The first-order chi connectivity index (χ1) is 13.5. The zero-order valence-electron chi connectivity index (χ0n) is 15.9. The highest BCUT2D eigenvalue weighted by molar-refractivity contribution is 6.10. The Labute approximate surface area is 163 Å². The van der Waals surface area contributed by atoms with Gasteiger partial charge in [-0.3, -0.25) is 14.5 Å². The van der Waals surface area contributed by atoms with E-state index >= 15 is 0 Å². The van der Waals surface area contributed by atoms with Gasteiger partial charge in [0.1, 0.15) is 17.8 Å². The van der Waals surface area contributed by atoms with E-state index in [0.29, 0.717) is 29.8 Å². The second kappa shape index (κ2) is 8.12. The molecule has 1 saturated heterocycles. The van der Waals surface area contributed by atoms with Gasteiger partial charge in [-0.25, -0.2) is 4.79 Å². The van der Waals surface area contributed by atoms with E-state index in [1.807, 2.05) is 37.3 Å². The Kier molecular flexibility index (Phi) is 5.63. The first kappa shape index (κ1) is 19.4. The molecule has 1 fully saturated rings. The smallest absolute Gasteiger partial charge is 0.325 e. The van der Waals surface area contributed by atoms with Gasteiger partial charge in [0, 0.05) is 0 Å². The fraction of sp³-hybridized carbons (Fsp3) is 0.286. The number of hydrogen-bond donors (Lipinski definition) is 2. The summed E-state index contributed by atoms with van der Waals surface area (Å²) in [6.07, 6.45) is 1.15. The molecule has 1 heterocycles. The molecule has 0 radical (unpaired) electrons. The Hall–Kier alpha value is -3.35. The van der Waals surface area contributed by atoms with Crippen molar-refractivity contribution in [2.75, 3.05) is 19.0 Å². The standard InChI is InChI=1S/C21H23N3O4/c1-3-13-21(15-9-5-4-6-10-15)19(26)24(20(27)23-21)14-18(25)22-16-11-7-8-12-17(16)28-2/h4-12H,3,13-14H2,1-2H3,(H,22,25)(H,23,27)/t21-/m1/s1. The molecule has 0 spiro atoms. The van der Waals surface area contributed by atoms with Crippen LogP contribution < -0.4 is 15.4 Å². The number of nitrogens with zero attached hydrogens (tertiary/aromatic N) is 1. The van der Waals surface area contributed by atoms with E-state index < -0.39 is 23.4 Å². The number of amides is 4. The number of imide groups is 1. The fourth-order valence-electron chi connectivity index (χ4n) is 3.46. The van der Waals surface area contributed by atoms with Crippen molar-refractivity contribution in [2.45, 2.75) is 25.3 Å². The second-order valence-corrected chi connectivity index (χ2v) is 6.59. The van der Waals surface area contributed by atoms with E-state index in [4.69, 9.17) is 4.74 Å². The third-order valence-corrected chi connectivity index (χ3v) is 4.75. The van der Waals surface area contributed by atoms with Gasteiger partial charge in [0.25, 0.3) is 5.91 Å². The van der Waals surface area contributed by atoms with Crippen LogP contribution in [0.3, 0.4) is 0 Å². The molecule has 1 aliphatic rings. The van der Waals surface area contributed by atoms with Gasteiger partial charge >= 0.3 is 6.03 Å². The molecule has 2 N–H and O–H groups in total. The van der Waals surface area contributed by atoms with Crippen LogP contribution in [0.1, 0.15) is 25.3 Å². The minimum atomic E-state index is -1.14. The van der Waals surface area contributed by atoms with Crippen molar-refractivity contribution in [1.29, 1.82) is 0 Å². The number of carbonyl (C=O) groups is 3. The van der Waals surface area contributed by atoms with Crippen LogP contribution in [0.15, 0.2) is 54.6 Å². The average molecular weight is 381 g/mol. The Bertz CT molecular complexity index is 884. The summed E-state index contributed by atoms with van der Waals surface area (Å²) in [6, 6.07) is 15.5. The van der Waals surface area contributed by atoms with Crippen LogP contribution in [0, 0.1) is 0 Å². The summed E-state index contributed by atoms with van der Waals surface area (Å²) in [5.74, 6) is -0.397. The second-order valence-electron chi connectivity index (χ2n) is 6.59. The van der Waals surface area contributed by atoms with Crippen molar-refractivity contribution in [3.63, 3.8) is 0 Å². The molecule has 0 saturated carbocycles. The van der Waals surface area contributed by atoms with Crippen molar-refractivity contribution in [1.82, 2.24) is 10.2 Å². The molecule has 7 heteroatoms. The third kappa shape index (κ3) is 3.55. The molecule has 1 atom stereocenters. The van der Waals surface area contributed by atoms with Gasteiger partial charge in [0.05, 0.1) is 12.8 Å². The Balaban J connectivity index is 1.80. The van der Waals surface area contributed by atoms with Gasteiger partial charge in [-0.2, -0.15) is 0 Å². The van der Waals surface area contributed by atoms with Crippen LogP contribution in [0.25, 0.3) is 0 Å². The molecule has 7 nitrogen and oxygen atoms in total. The van der Waals surface area contributed by atoms with Gasteiger partial charge in [-0.05, 0) is 24.1 Å². The summed E-state index contributed by atoms with van der Waals surface area (Å²) in [4.78, 5) is 39.2. The first-order valence-electron chi connectivity index (χ1n) is 9.14. The lowest BCUT2D eigenvalue weighted by Crippen LogP contribution is -2.44. The quantitative estimate of drug-likeness (QED) is 0.722. The lowest BCUT2D eigenvalue weighted by atomic mass is 9.85. The maximum Gasteiger partial charge on any atom is 0.325 e. The van der Waals surface area contributed by atoms with Crippen LogP contribution in [0.2, 0.25) is 0 Å². The molecule has 146 valence electrons. The van der Waals surface area contributed by atoms with Crippen molar-refractivity contribution in [3.05, 3.63) is 60.2 Å². The van der Waals surface area contributed by atoms with Gasteiger partial charge in [-0.1, -0.05) is 55.8 Å². The summed E-state index contributed by atoms with van der Waals surface area (Å²) in [6.45, 7) is 1.57. The number of nitrogens with one attached hydrogen (secondary N) is 2. The zero-order chi connectivity index (χ0) is 20.1. The van der Waals surface area contributed by atoms with Crippen molar-refractivity contribution in [2.24, 2.45) is 0 Å². The minimum absolute atomic E-state index is 0.374. The monoisotopic (exact) mass is 381 g/mol. The van der Waals surface area contributed by atoms with E-state index in [1.165, 1.54) is 7.11 Å². The van der Waals surface area contributed by atoms with E-state index in [0.717, 1.165) is 4.90 Å². The largest absolute Gasteiger partial charge is 0.495 e. The molecule has 1 aliphatic heterocycles. The maximum absolute atomic E-state index is 13.2. The van der Waals surface area contributed by atoms with Gasteiger partial charge < -0.3 is 15.4 Å². The zero-order valence-corrected chi connectivity index (χ0v) is 15.9. The summed E-state index contributed by atoms with van der Waals surface area (Å²) in [5.41, 5.74) is 0.0467. The number of urea groups is 1. The number of methoxy groups -OCH3 is 1. The average Bonchev–Trinajstić information content (AvgIpc) is 2.94. The predicted molar refractivity (Wildman–Crippen MR) is 105 cm³/mol. The first-order valence-corrected chi connectivity index (χ1v) is 9.14. The van der Waals surface area contributed by atoms with E-state index in [2.05, 4.69) is 10.6 Å². The molecule has 4 amide bonds. The van der Waals surface area contributed by atoms with Crippen molar-refractivity contribution in [3.8, 4) is 5.75 Å². The molecule has 3 rings (SSSR count). The number of anilines is 1. The Morgan fingerprint density at radius 3 is 2.46 bits per heavy atom. The number of ether oxygens (including phenoxy) is 1. The normalized spacial score (nSPS) is 18.7. The highest BCUT2D eigenvalue weighted by Gasteiger charge is 2.52. The Morgan fingerprint density at radius 2 is 1.79 bits per heavy atom. The molecule has 2 aromatic carbocycles. The van der Waals surface area contributed by atoms with Crippen LogP contribution in [-0.2, 0) is 15.1 Å². The maximum atomic E-state index is 13.2. The number of para-hydroxylation sites is 2. The summed E-state index contributed by atoms with van der Waals surface area (Å²) in [7, 11) is 1.50. The molecular weight excluding hydrogens is 358 g/mol. The van der Waals surface area contributed by atoms with Gasteiger partial charge in [0.2, 0.25) is 5.91 Å². The summed E-state index contributed by atoms with van der Waals surface area (Å²) < 4.78 is 5.21. The predicted octanol–water partition coefficient (Wildman–Crippen LogP) is 2.88. The molecule has 0 bridgehead atoms. The van der Waals surface area contributed by atoms with Crippen molar-refractivity contribution >= 4 is 23.5 Å². The molecule has 2 aromatic rings. The van der Waals surface area contributed by atoms with E-state index in [-0.39, 0.29) is 6.54 Å². The molecule has 0 unspecified atom stereocenters. The number of benzene rings is 2. The SMILES string of the molecule is CCC[C@]1(c2ccccc2)NC(=O)N(CC(=O)Nc2ccccc2OC)C1=O. The highest BCUT2D eigenvalue weighted by atomic mass is 16.5. The molecule has 28 heavy (non-hydrogen) atoms. The molecule has 0 aliphatic carbocycles. The topological polar surface area (TPSA) is 87.7 Å². The summed E-state index contributed by atoms with van der Waals surface area (Å²) >= 11 is 0. The third-order valence-electron chi connectivity index (χ3n) is 4.75. The number of rotatable bonds is 7. The minimum Gasteiger partial charge on any atom is -0.495 e. The van der Waals surface area contributed by atoms with E-state index in [9.17, 15) is 14.4 Å². The fourth-order valence-corrected chi connectivity index (χ4v) is 3.46. The van der Waals surface area contributed by atoms with Crippen molar-refractivity contribution < 1.29 is 19.1 Å². The van der Waals surface area contributed by atoms with Crippen LogP contribution in [0.4, 0.5) is 10.5 Å².